The van der Waals surface area contributed by atoms with Gasteiger partial charge in [0, 0.05) is 31.7 Å². The largest absolute Gasteiger partial charge is 0.493 e. The highest BCUT2D eigenvalue weighted by molar-refractivity contribution is 6.33. The van der Waals surface area contributed by atoms with E-state index in [2.05, 4.69) is 10.1 Å². The molecule has 0 aliphatic carbocycles. The summed E-state index contributed by atoms with van der Waals surface area (Å²) in [6.45, 7) is 3.51. The second kappa shape index (κ2) is 8.83. The first-order chi connectivity index (χ1) is 15.4. The third-order valence-electron chi connectivity index (χ3n) is 5.32. The van der Waals surface area contributed by atoms with Gasteiger partial charge >= 0.3 is 0 Å². The standard InChI is InChI=1S/C21H20ClN5O5/c1-13-18(19(24-32-13)15-5-3-4-6-16(15)22)21(28)26-9-7-25(8-10-26)20-17(31-2)11-14(12-23-20)27(29)30/h3-6,11-12H,7-10H2,1-2H3. The first-order valence-electron chi connectivity index (χ1n) is 9.84. The molecule has 3 heterocycles. The molecule has 32 heavy (non-hydrogen) atoms. The number of hydrogen-bond donors (Lipinski definition) is 0. The van der Waals surface area contributed by atoms with E-state index >= 15 is 0 Å². The van der Waals surface area contributed by atoms with Crippen molar-refractivity contribution < 1.29 is 19.0 Å². The van der Waals surface area contributed by atoms with Crippen molar-refractivity contribution >= 4 is 29.0 Å². The number of hydrogen-bond acceptors (Lipinski definition) is 8. The quantitative estimate of drug-likeness (QED) is 0.421. The van der Waals surface area contributed by atoms with Gasteiger partial charge in [-0.2, -0.15) is 0 Å². The smallest absolute Gasteiger partial charge is 0.291 e. The van der Waals surface area contributed by atoms with Gasteiger partial charge in [-0.05, 0) is 13.0 Å². The molecule has 1 amide bonds. The molecule has 1 aromatic carbocycles. The fraction of sp³-hybridized carbons (Fsp3) is 0.286. The Hall–Kier alpha value is -3.66. The van der Waals surface area contributed by atoms with Crippen LogP contribution in [0.5, 0.6) is 5.75 Å². The van der Waals surface area contributed by atoms with Crippen LogP contribution in [-0.4, -0.2) is 59.2 Å². The average molecular weight is 458 g/mol. The highest BCUT2D eigenvalue weighted by Crippen LogP contribution is 2.33. The summed E-state index contributed by atoms with van der Waals surface area (Å²) >= 11 is 6.30. The fourth-order valence-corrected chi connectivity index (χ4v) is 3.88. The molecule has 4 rings (SSSR count). The Morgan fingerprint density at radius 3 is 2.62 bits per heavy atom. The average Bonchev–Trinajstić information content (AvgIpc) is 3.19. The maximum absolute atomic E-state index is 13.3. The van der Waals surface area contributed by atoms with Gasteiger partial charge in [0.1, 0.15) is 23.2 Å². The van der Waals surface area contributed by atoms with Crippen molar-refractivity contribution in [3.8, 4) is 17.0 Å². The van der Waals surface area contributed by atoms with Crippen LogP contribution in [0.15, 0.2) is 41.1 Å². The van der Waals surface area contributed by atoms with Gasteiger partial charge in [-0.1, -0.05) is 35.0 Å². The monoisotopic (exact) mass is 457 g/mol. The lowest BCUT2D eigenvalue weighted by molar-refractivity contribution is -0.385. The van der Waals surface area contributed by atoms with E-state index in [1.807, 2.05) is 11.0 Å². The van der Waals surface area contributed by atoms with Crippen LogP contribution in [0.4, 0.5) is 11.5 Å². The Balaban J connectivity index is 1.53. The normalized spacial score (nSPS) is 13.8. The van der Waals surface area contributed by atoms with Crippen LogP contribution in [0.1, 0.15) is 16.1 Å². The van der Waals surface area contributed by atoms with E-state index in [0.717, 1.165) is 0 Å². The number of carbonyl (C=O) groups is 1. The zero-order valence-corrected chi connectivity index (χ0v) is 18.2. The van der Waals surface area contributed by atoms with Gasteiger partial charge in [0.05, 0.1) is 23.1 Å². The molecule has 1 aliphatic rings. The summed E-state index contributed by atoms with van der Waals surface area (Å²) in [4.78, 5) is 31.7. The van der Waals surface area contributed by atoms with Crippen molar-refractivity contribution in [1.29, 1.82) is 0 Å². The van der Waals surface area contributed by atoms with Crippen LogP contribution in [0.2, 0.25) is 5.02 Å². The minimum absolute atomic E-state index is 0.144. The SMILES string of the molecule is COc1cc([N+](=O)[O-])cnc1N1CCN(C(=O)c2c(-c3ccccc3Cl)noc2C)CC1. The first kappa shape index (κ1) is 21.6. The number of ether oxygens (including phenoxy) is 1. The topological polar surface area (TPSA) is 115 Å². The van der Waals surface area contributed by atoms with Crippen molar-refractivity contribution in [2.24, 2.45) is 0 Å². The molecule has 11 heteroatoms. The molecular formula is C21H20ClN5O5. The maximum Gasteiger partial charge on any atom is 0.291 e. The molecular weight excluding hydrogens is 438 g/mol. The number of piperazine rings is 1. The van der Waals surface area contributed by atoms with E-state index in [1.165, 1.54) is 19.4 Å². The first-order valence-corrected chi connectivity index (χ1v) is 10.2. The Morgan fingerprint density at radius 2 is 1.97 bits per heavy atom. The van der Waals surface area contributed by atoms with Gasteiger partial charge in [-0.3, -0.25) is 14.9 Å². The van der Waals surface area contributed by atoms with E-state index in [0.29, 0.717) is 65.4 Å². The van der Waals surface area contributed by atoms with Crippen LogP contribution >= 0.6 is 11.6 Å². The number of halogens is 1. The number of benzene rings is 1. The van der Waals surface area contributed by atoms with E-state index in [1.54, 1.807) is 30.0 Å². The highest BCUT2D eigenvalue weighted by atomic mass is 35.5. The zero-order valence-electron chi connectivity index (χ0n) is 17.4. The molecule has 0 N–H and O–H groups in total. The van der Waals surface area contributed by atoms with Crippen molar-refractivity contribution in [3.05, 3.63) is 63.0 Å². The van der Waals surface area contributed by atoms with Crippen molar-refractivity contribution in [1.82, 2.24) is 15.0 Å². The van der Waals surface area contributed by atoms with Crippen molar-refractivity contribution in [2.75, 3.05) is 38.2 Å². The second-order valence-corrected chi connectivity index (χ2v) is 7.61. The van der Waals surface area contributed by atoms with Crippen LogP contribution in [0.3, 0.4) is 0 Å². The van der Waals surface area contributed by atoms with Crippen LogP contribution in [0, 0.1) is 17.0 Å². The van der Waals surface area contributed by atoms with Gasteiger partial charge in [-0.15, -0.1) is 0 Å². The number of pyridine rings is 1. The summed E-state index contributed by atoms with van der Waals surface area (Å²) in [6.07, 6.45) is 1.20. The number of carbonyl (C=O) groups excluding carboxylic acids is 1. The van der Waals surface area contributed by atoms with E-state index in [-0.39, 0.29) is 11.6 Å². The minimum atomic E-state index is -0.520. The van der Waals surface area contributed by atoms with Gasteiger partial charge < -0.3 is 19.1 Å². The Bertz CT molecular complexity index is 1170. The molecule has 2 aromatic heterocycles. The van der Waals surface area contributed by atoms with E-state index < -0.39 is 4.92 Å². The molecule has 3 aromatic rings. The molecule has 0 radical (unpaired) electrons. The molecule has 0 atom stereocenters. The summed E-state index contributed by atoms with van der Waals surface area (Å²) < 4.78 is 10.6. The Labute approximate surface area is 188 Å². The number of rotatable bonds is 5. The molecule has 0 spiro atoms. The Morgan fingerprint density at radius 1 is 1.25 bits per heavy atom. The molecule has 166 valence electrons. The lowest BCUT2D eigenvalue weighted by atomic mass is 10.0. The summed E-state index contributed by atoms with van der Waals surface area (Å²) in [5.74, 6) is 1.05. The fourth-order valence-electron chi connectivity index (χ4n) is 3.66. The number of aromatic nitrogens is 2. The lowest BCUT2D eigenvalue weighted by Crippen LogP contribution is -2.49. The van der Waals surface area contributed by atoms with Crippen molar-refractivity contribution in [3.63, 3.8) is 0 Å². The minimum Gasteiger partial charge on any atom is -0.493 e. The van der Waals surface area contributed by atoms with Gasteiger partial charge in [0.15, 0.2) is 11.6 Å². The summed E-state index contributed by atoms with van der Waals surface area (Å²) in [5, 5.41) is 15.6. The molecule has 1 saturated heterocycles. The van der Waals surface area contributed by atoms with Crippen LogP contribution in [-0.2, 0) is 0 Å². The third-order valence-corrected chi connectivity index (χ3v) is 5.65. The number of amides is 1. The number of anilines is 1. The summed E-state index contributed by atoms with van der Waals surface area (Å²) in [6, 6.07) is 8.50. The maximum atomic E-state index is 13.3. The van der Waals surface area contributed by atoms with Gasteiger partial charge in [-0.25, -0.2) is 4.98 Å². The van der Waals surface area contributed by atoms with Crippen molar-refractivity contribution in [2.45, 2.75) is 6.92 Å². The predicted octanol–water partition coefficient (Wildman–Crippen LogP) is 3.58. The van der Waals surface area contributed by atoms with Crippen LogP contribution in [0.25, 0.3) is 11.3 Å². The number of aryl methyl sites for hydroxylation is 1. The van der Waals surface area contributed by atoms with E-state index in [9.17, 15) is 14.9 Å². The molecule has 1 aliphatic heterocycles. The van der Waals surface area contributed by atoms with Gasteiger partial charge in [0.2, 0.25) is 0 Å². The Kier molecular flexibility index (Phi) is 5.95. The number of methoxy groups -OCH3 is 1. The van der Waals surface area contributed by atoms with E-state index in [4.69, 9.17) is 20.9 Å². The van der Waals surface area contributed by atoms with Crippen LogP contribution < -0.4 is 9.64 Å². The molecule has 1 fully saturated rings. The number of nitro groups is 1. The molecule has 0 saturated carbocycles. The summed E-state index contributed by atoms with van der Waals surface area (Å²) in [5.41, 5.74) is 1.29. The highest BCUT2D eigenvalue weighted by Gasteiger charge is 2.30. The third kappa shape index (κ3) is 3.96. The number of nitrogens with zero attached hydrogens (tertiary/aromatic N) is 5. The zero-order chi connectivity index (χ0) is 22.8. The molecule has 0 unspecified atom stereocenters. The lowest BCUT2D eigenvalue weighted by Gasteiger charge is -2.35. The second-order valence-electron chi connectivity index (χ2n) is 7.20. The molecule has 10 nitrogen and oxygen atoms in total. The molecule has 0 bridgehead atoms. The predicted molar refractivity (Wildman–Crippen MR) is 117 cm³/mol. The van der Waals surface area contributed by atoms with Gasteiger partial charge in [0.25, 0.3) is 11.6 Å². The summed E-state index contributed by atoms with van der Waals surface area (Å²) in [7, 11) is 1.44.